The number of nitrogens with two attached hydrogens (primary N) is 1. The number of ether oxygens (including phenoxy) is 1. The van der Waals surface area contributed by atoms with Crippen molar-refractivity contribution in [2.75, 3.05) is 32.8 Å². The SMILES string of the molecule is NCC(C1CC1)N1CCCOCC1. The number of hydrogen-bond acceptors (Lipinski definition) is 3. The summed E-state index contributed by atoms with van der Waals surface area (Å²) in [6.07, 6.45) is 3.95. The second-order valence-corrected chi connectivity index (χ2v) is 4.14. The Labute approximate surface area is 80.2 Å². The van der Waals surface area contributed by atoms with Gasteiger partial charge in [0.2, 0.25) is 0 Å². The van der Waals surface area contributed by atoms with Gasteiger partial charge in [-0.1, -0.05) is 0 Å². The van der Waals surface area contributed by atoms with E-state index in [1.54, 1.807) is 0 Å². The molecule has 0 aromatic carbocycles. The summed E-state index contributed by atoms with van der Waals surface area (Å²) in [4.78, 5) is 2.53. The van der Waals surface area contributed by atoms with Crippen LogP contribution >= 0.6 is 0 Å². The Morgan fingerprint density at radius 2 is 2.15 bits per heavy atom. The largest absolute Gasteiger partial charge is 0.380 e. The standard InChI is InChI=1S/C10H20N2O/c11-8-10(9-2-3-9)12-4-1-6-13-7-5-12/h9-10H,1-8,11H2. The molecule has 2 aliphatic rings. The van der Waals surface area contributed by atoms with Gasteiger partial charge >= 0.3 is 0 Å². The third-order valence-corrected chi connectivity index (χ3v) is 3.13. The van der Waals surface area contributed by atoms with Gasteiger partial charge in [-0.25, -0.2) is 0 Å². The molecule has 1 unspecified atom stereocenters. The van der Waals surface area contributed by atoms with Crippen LogP contribution in [0.15, 0.2) is 0 Å². The molecule has 3 nitrogen and oxygen atoms in total. The molecule has 0 spiro atoms. The molecule has 2 fully saturated rings. The van der Waals surface area contributed by atoms with E-state index >= 15 is 0 Å². The first-order chi connectivity index (χ1) is 6.42. The number of nitrogens with zero attached hydrogens (tertiary/aromatic N) is 1. The molecule has 13 heavy (non-hydrogen) atoms. The molecule has 0 bridgehead atoms. The van der Waals surface area contributed by atoms with Crippen LogP contribution in [0.25, 0.3) is 0 Å². The topological polar surface area (TPSA) is 38.5 Å². The maximum Gasteiger partial charge on any atom is 0.0593 e. The van der Waals surface area contributed by atoms with Crippen molar-refractivity contribution in [1.29, 1.82) is 0 Å². The highest BCUT2D eigenvalue weighted by molar-refractivity contribution is 4.89. The van der Waals surface area contributed by atoms with Crippen molar-refractivity contribution in [3.05, 3.63) is 0 Å². The Kier molecular flexibility index (Phi) is 3.19. The number of rotatable bonds is 3. The van der Waals surface area contributed by atoms with Gasteiger partial charge in [-0.05, 0) is 25.2 Å². The van der Waals surface area contributed by atoms with E-state index in [9.17, 15) is 0 Å². The Morgan fingerprint density at radius 3 is 2.85 bits per heavy atom. The monoisotopic (exact) mass is 184 g/mol. The molecule has 2 N–H and O–H groups in total. The van der Waals surface area contributed by atoms with E-state index < -0.39 is 0 Å². The maximum absolute atomic E-state index is 5.81. The van der Waals surface area contributed by atoms with E-state index in [0.717, 1.165) is 32.2 Å². The smallest absolute Gasteiger partial charge is 0.0593 e. The van der Waals surface area contributed by atoms with Crippen LogP contribution in [0.4, 0.5) is 0 Å². The lowest BCUT2D eigenvalue weighted by atomic mass is 10.1. The third kappa shape index (κ3) is 2.42. The molecular weight excluding hydrogens is 164 g/mol. The van der Waals surface area contributed by atoms with Crippen LogP contribution in [0.2, 0.25) is 0 Å². The molecule has 0 radical (unpaired) electrons. The van der Waals surface area contributed by atoms with E-state index in [4.69, 9.17) is 10.5 Å². The Morgan fingerprint density at radius 1 is 1.31 bits per heavy atom. The van der Waals surface area contributed by atoms with Crippen LogP contribution in [0.3, 0.4) is 0 Å². The van der Waals surface area contributed by atoms with Crippen molar-refractivity contribution in [3.63, 3.8) is 0 Å². The van der Waals surface area contributed by atoms with Crippen LogP contribution in [-0.4, -0.2) is 43.8 Å². The van der Waals surface area contributed by atoms with Gasteiger partial charge in [-0.3, -0.25) is 4.90 Å². The number of hydrogen-bond donors (Lipinski definition) is 1. The van der Waals surface area contributed by atoms with Crippen LogP contribution in [0, 0.1) is 5.92 Å². The molecule has 1 aliphatic heterocycles. The van der Waals surface area contributed by atoms with Crippen LogP contribution < -0.4 is 5.73 Å². The Hall–Kier alpha value is -0.120. The molecular formula is C10H20N2O. The second-order valence-electron chi connectivity index (χ2n) is 4.14. The van der Waals surface area contributed by atoms with Gasteiger partial charge < -0.3 is 10.5 Å². The van der Waals surface area contributed by atoms with E-state index in [0.29, 0.717) is 6.04 Å². The fourth-order valence-corrected chi connectivity index (χ4v) is 2.22. The summed E-state index contributed by atoms with van der Waals surface area (Å²) in [6, 6.07) is 0.640. The quantitative estimate of drug-likeness (QED) is 0.692. The molecule has 76 valence electrons. The van der Waals surface area contributed by atoms with Crippen molar-refractivity contribution in [3.8, 4) is 0 Å². The fraction of sp³-hybridized carbons (Fsp3) is 1.00. The molecule has 1 atom stereocenters. The van der Waals surface area contributed by atoms with Gasteiger partial charge in [0.05, 0.1) is 6.61 Å². The zero-order valence-electron chi connectivity index (χ0n) is 8.24. The molecule has 2 rings (SSSR count). The third-order valence-electron chi connectivity index (χ3n) is 3.13. The Balaban J connectivity index is 1.87. The summed E-state index contributed by atoms with van der Waals surface area (Å²) in [5.74, 6) is 0.892. The highest BCUT2D eigenvalue weighted by atomic mass is 16.5. The highest BCUT2D eigenvalue weighted by Gasteiger charge is 2.34. The molecule has 0 amide bonds. The summed E-state index contributed by atoms with van der Waals surface area (Å²) in [5, 5.41) is 0. The van der Waals surface area contributed by atoms with Crippen molar-refractivity contribution < 1.29 is 4.74 Å². The predicted octanol–water partition coefficient (Wildman–Crippen LogP) is 0.446. The van der Waals surface area contributed by atoms with E-state index in [1.807, 2.05) is 0 Å². The van der Waals surface area contributed by atoms with Crippen LogP contribution in [-0.2, 0) is 4.74 Å². The minimum Gasteiger partial charge on any atom is -0.380 e. The van der Waals surface area contributed by atoms with Gasteiger partial charge in [0.25, 0.3) is 0 Å². The molecule has 1 saturated carbocycles. The molecule has 0 aromatic heterocycles. The summed E-state index contributed by atoms with van der Waals surface area (Å²) in [5.41, 5.74) is 5.81. The van der Waals surface area contributed by atoms with Crippen LogP contribution in [0.1, 0.15) is 19.3 Å². The second kappa shape index (κ2) is 4.40. The Bertz CT molecular complexity index is 151. The molecule has 0 aromatic rings. The highest BCUT2D eigenvalue weighted by Crippen LogP contribution is 2.35. The van der Waals surface area contributed by atoms with Gasteiger partial charge in [-0.2, -0.15) is 0 Å². The van der Waals surface area contributed by atoms with Crippen LogP contribution in [0.5, 0.6) is 0 Å². The normalized spacial score (nSPS) is 28.4. The zero-order chi connectivity index (χ0) is 9.10. The van der Waals surface area contributed by atoms with Gasteiger partial charge in [-0.15, -0.1) is 0 Å². The average Bonchev–Trinajstić information content (AvgIpc) is 2.92. The van der Waals surface area contributed by atoms with E-state index in [1.165, 1.54) is 25.8 Å². The van der Waals surface area contributed by atoms with E-state index in [2.05, 4.69) is 4.90 Å². The van der Waals surface area contributed by atoms with Gasteiger partial charge in [0.1, 0.15) is 0 Å². The van der Waals surface area contributed by atoms with E-state index in [-0.39, 0.29) is 0 Å². The first-order valence-electron chi connectivity index (χ1n) is 5.43. The van der Waals surface area contributed by atoms with Crippen molar-refractivity contribution in [1.82, 2.24) is 4.90 Å². The average molecular weight is 184 g/mol. The molecule has 1 aliphatic carbocycles. The first kappa shape index (κ1) is 9.44. The lowest BCUT2D eigenvalue weighted by Crippen LogP contribution is -2.43. The first-order valence-corrected chi connectivity index (χ1v) is 5.43. The summed E-state index contributed by atoms with van der Waals surface area (Å²) in [6.45, 7) is 4.91. The summed E-state index contributed by atoms with van der Waals surface area (Å²) >= 11 is 0. The lowest BCUT2D eigenvalue weighted by Gasteiger charge is -2.29. The van der Waals surface area contributed by atoms with Gasteiger partial charge in [0.15, 0.2) is 0 Å². The minimum atomic E-state index is 0.640. The molecule has 1 heterocycles. The van der Waals surface area contributed by atoms with Crippen molar-refractivity contribution in [2.45, 2.75) is 25.3 Å². The van der Waals surface area contributed by atoms with Crippen molar-refractivity contribution in [2.24, 2.45) is 11.7 Å². The summed E-state index contributed by atoms with van der Waals surface area (Å²) < 4.78 is 5.44. The molecule has 3 heteroatoms. The lowest BCUT2D eigenvalue weighted by molar-refractivity contribution is 0.128. The fourth-order valence-electron chi connectivity index (χ4n) is 2.22. The minimum absolute atomic E-state index is 0.640. The van der Waals surface area contributed by atoms with Crippen molar-refractivity contribution >= 4 is 0 Å². The summed E-state index contributed by atoms with van der Waals surface area (Å²) in [7, 11) is 0. The molecule has 1 saturated heterocycles. The predicted molar refractivity (Wildman–Crippen MR) is 52.6 cm³/mol. The van der Waals surface area contributed by atoms with Gasteiger partial charge in [0, 0.05) is 32.3 Å². The maximum atomic E-state index is 5.81. The zero-order valence-corrected chi connectivity index (χ0v) is 8.24.